The zero-order valence-corrected chi connectivity index (χ0v) is 8.90. The monoisotopic (exact) mass is 222 g/mol. The van der Waals surface area contributed by atoms with Gasteiger partial charge in [0.2, 0.25) is 4.47 Å². The number of hydrogen-bond donors (Lipinski definition) is 0. The van der Waals surface area contributed by atoms with Crippen molar-refractivity contribution in [2.24, 2.45) is 0 Å². The zero-order valence-electron chi connectivity index (χ0n) is 7.33. The highest BCUT2D eigenvalue weighted by molar-refractivity contribution is 7.15. The van der Waals surface area contributed by atoms with Crippen LogP contribution < -0.4 is 0 Å². The van der Waals surface area contributed by atoms with Gasteiger partial charge in [0.05, 0.1) is 13.2 Å². The molecule has 0 N–H and O–H groups in total. The molecule has 0 radical (unpaired) electrons. The maximum atomic E-state index is 5.59. The van der Waals surface area contributed by atoms with E-state index in [-0.39, 0.29) is 0 Å². The van der Waals surface area contributed by atoms with Crippen LogP contribution in [-0.2, 0) is 16.1 Å². The third-order valence-corrected chi connectivity index (χ3v) is 2.24. The molecule has 0 bridgehead atoms. The summed E-state index contributed by atoms with van der Waals surface area (Å²) >= 11 is 6.92. The lowest BCUT2D eigenvalue weighted by atomic mass is 10.7. The number of hydrogen-bond acceptors (Lipinski definition) is 5. The predicted octanol–water partition coefficient (Wildman–Crippen LogP) is 1.74. The highest BCUT2D eigenvalue weighted by atomic mass is 35.5. The van der Waals surface area contributed by atoms with Crippen LogP contribution >= 0.6 is 22.9 Å². The molecule has 4 nitrogen and oxygen atoms in total. The van der Waals surface area contributed by atoms with Crippen molar-refractivity contribution in [1.29, 1.82) is 0 Å². The summed E-state index contributed by atoms with van der Waals surface area (Å²) in [6.07, 6.45) is 0. The molecule has 0 amide bonds. The van der Waals surface area contributed by atoms with E-state index in [2.05, 4.69) is 10.2 Å². The minimum absolute atomic E-state index is 0.448. The predicted molar refractivity (Wildman–Crippen MR) is 51.1 cm³/mol. The van der Waals surface area contributed by atoms with E-state index in [1.54, 1.807) is 0 Å². The highest BCUT2D eigenvalue weighted by Crippen LogP contribution is 2.15. The van der Waals surface area contributed by atoms with Gasteiger partial charge in [0.25, 0.3) is 0 Å². The van der Waals surface area contributed by atoms with Gasteiger partial charge in [-0.05, 0) is 18.5 Å². The second-order valence-corrected chi connectivity index (χ2v) is 3.84. The summed E-state index contributed by atoms with van der Waals surface area (Å²) in [7, 11) is 0. The third-order valence-electron chi connectivity index (χ3n) is 1.24. The van der Waals surface area contributed by atoms with Crippen LogP contribution in [0.25, 0.3) is 0 Å². The van der Waals surface area contributed by atoms with Gasteiger partial charge in [0, 0.05) is 6.61 Å². The van der Waals surface area contributed by atoms with Crippen molar-refractivity contribution < 1.29 is 9.47 Å². The lowest BCUT2D eigenvalue weighted by Crippen LogP contribution is -2.03. The molecule has 0 fully saturated rings. The molecule has 0 atom stereocenters. The maximum absolute atomic E-state index is 5.59. The van der Waals surface area contributed by atoms with E-state index in [0.29, 0.717) is 30.9 Å². The van der Waals surface area contributed by atoms with Gasteiger partial charge < -0.3 is 9.47 Å². The second kappa shape index (κ2) is 6.26. The quantitative estimate of drug-likeness (QED) is 0.688. The zero-order chi connectivity index (χ0) is 9.52. The smallest absolute Gasteiger partial charge is 0.207 e. The first-order valence-corrected chi connectivity index (χ1v) is 5.15. The van der Waals surface area contributed by atoms with E-state index < -0.39 is 0 Å². The van der Waals surface area contributed by atoms with Crippen LogP contribution in [0.5, 0.6) is 0 Å². The average molecular weight is 223 g/mol. The fourth-order valence-corrected chi connectivity index (χ4v) is 1.52. The fourth-order valence-electron chi connectivity index (χ4n) is 0.713. The Balaban J connectivity index is 2.06. The SMILES string of the molecule is CCOCCOCc1nnc(Cl)s1. The lowest BCUT2D eigenvalue weighted by Gasteiger charge is -2.00. The molecule has 0 saturated heterocycles. The summed E-state index contributed by atoms with van der Waals surface area (Å²) in [6, 6.07) is 0. The minimum Gasteiger partial charge on any atom is -0.379 e. The summed E-state index contributed by atoms with van der Waals surface area (Å²) in [6.45, 7) is 4.31. The second-order valence-electron chi connectivity index (χ2n) is 2.20. The Kier molecular flexibility index (Phi) is 5.22. The van der Waals surface area contributed by atoms with Gasteiger partial charge >= 0.3 is 0 Å². The van der Waals surface area contributed by atoms with Crippen LogP contribution in [-0.4, -0.2) is 30.0 Å². The highest BCUT2D eigenvalue weighted by Gasteiger charge is 2.00. The molecular formula is C7H11ClN2O2S. The number of rotatable bonds is 6. The van der Waals surface area contributed by atoms with Crippen molar-refractivity contribution in [3.05, 3.63) is 9.47 Å². The minimum atomic E-state index is 0.448. The fraction of sp³-hybridized carbons (Fsp3) is 0.714. The number of aromatic nitrogens is 2. The van der Waals surface area contributed by atoms with Gasteiger partial charge in [-0.1, -0.05) is 11.3 Å². The van der Waals surface area contributed by atoms with Gasteiger partial charge in [-0.25, -0.2) is 0 Å². The van der Waals surface area contributed by atoms with Crippen LogP contribution in [0.15, 0.2) is 0 Å². The van der Waals surface area contributed by atoms with Crippen molar-refractivity contribution >= 4 is 22.9 Å². The van der Waals surface area contributed by atoms with Gasteiger partial charge in [0.15, 0.2) is 0 Å². The Morgan fingerprint density at radius 2 is 2.08 bits per heavy atom. The molecule has 0 spiro atoms. The molecule has 6 heteroatoms. The molecule has 0 aromatic carbocycles. The first-order chi connectivity index (χ1) is 6.33. The normalized spacial score (nSPS) is 10.6. The molecule has 1 aromatic heterocycles. The van der Waals surface area contributed by atoms with Crippen molar-refractivity contribution in [1.82, 2.24) is 10.2 Å². The molecule has 1 rings (SSSR count). The Morgan fingerprint density at radius 3 is 2.69 bits per heavy atom. The van der Waals surface area contributed by atoms with Crippen LogP contribution in [0.4, 0.5) is 0 Å². The van der Waals surface area contributed by atoms with Crippen LogP contribution in [0.2, 0.25) is 4.47 Å². The molecule has 13 heavy (non-hydrogen) atoms. The first-order valence-electron chi connectivity index (χ1n) is 3.96. The number of halogens is 1. The molecule has 0 unspecified atom stereocenters. The molecule has 1 heterocycles. The van der Waals surface area contributed by atoms with E-state index in [1.807, 2.05) is 6.92 Å². The summed E-state index contributed by atoms with van der Waals surface area (Å²) in [5.41, 5.74) is 0. The third kappa shape index (κ3) is 4.52. The Morgan fingerprint density at radius 1 is 1.31 bits per heavy atom. The van der Waals surface area contributed by atoms with Crippen LogP contribution in [0, 0.1) is 0 Å². The molecule has 74 valence electrons. The van der Waals surface area contributed by atoms with Crippen LogP contribution in [0.3, 0.4) is 0 Å². The van der Waals surface area contributed by atoms with Gasteiger partial charge in [0.1, 0.15) is 11.6 Å². The lowest BCUT2D eigenvalue weighted by molar-refractivity contribution is 0.0450. The Hall–Kier alpha value is -0.230. The van der Waals surface area contributed by atoms with Crippen molar-refractivity contribution in [2.75, 3.05) is 19.8 Å². The summed E-state index contributed by atoms with van der Waals surface area (Å²) in [4.78, 5) is 0. The summed E-state index contributed by atoms with van der Waals surface area (Å²) in [5, 5.41) is 8.25. The molecule has 0 aliphatic carbocycles. The van der Waals surface area contributed by atoms with Crippen molar-refractivity contribution in [3.8, 4) is 0 Å². The van der Waals surface area contributed by atoms with Gasteiger partial charge in [-0.3, -0.25) is 0 Å². The first kappa shape index (κ1) is 10.8. The maximum Gasteiger partial charge on any atom is 0.207 e. The van der Waals surface area contributed by atoms with E-state index >= 15 is 0 Å². The summed E-state index contributed by atoms with van der Waals surface area (Å²) in [5.74, 6) is 0. The number of ether oxygens (including phenoxy) is 2. The molecule has 0 saturated carbocycles. The van der Waals surface area contributed by atoms with Crippen LogP contribution in [0.1, 0.15) is 11.9 Å². The van der Waals surface area contributed by atoms with Crippen molar-refractivity contribution in [2.45, 2.75) is 13.5 Å². The summed E-state index contributed by atoms with van der Waals surface area (Å²) < 4.78 is 10.8. The average Bonchev–Trinajstić information content (AvgIpc) is 2.51. The topological polar surface area (TPSA) is 44.2 Å². The molecule has 1 aromatic rings. The van der Waals surface area contributed by atoms with E-state index in [0.717, 1.165) is 5.01 Å². The van der Waals surface area contributed by atoms with E-state index in [4.69, 9.17) is 21.1 Å². The standard InChI is InChI=1S/C7H11ClN2O2S/c1-2-11-3-4-12-5-6-9-10-7(8)13-6/h2-5H2,1H3. The largest absolute Gasteiger partial charge is 0.379 e. The van der Waals surface area contributed by atoms with E-state index in [1.165, 1.54) is 11.3 Å². The van der Waals surface area contributed by atoms with Gasteiger partial charge in [-0.15, -0.1) is 10.2 Å². The molecular weight excluding hydrogens is 212 g/mol. The molecule has 0 aliphatic heterocycles. The number of nitrogens with zero attached hydrogens (tertiary/aromatic N) is 2. The van der Waals surface area contributed by atoms with Crippen molar-refractivity contribution in [3.63, 3.8) is 0 Å². The Labute approximate surface area is 85.8 Å². The Bertz CT molecular complexity index is 244. The van der Waals surface area contributed by atoms with E-state index in [9.17, 15) is 0 Å². The van der Waals surface area contributed by atoms with Gasteiger partial charge in [-0.2, -0.15) is 0 Å². The molecule has 0 aliphatic rings.